The minimum absolute atomic E-state index is 0.0679. The van der Waals surface area contributed by atoms with E-state index in [-0.39, 0.29) is 46.9 Å². The third kappa shape index (κ3) is 6.92. The zero-order valence-corrected chi connectivity index (χ0v) is 27.1. The van der Waals surface area contributed by atoms with Gasteiger partial charge in [0.15, 0.2) is 28.9 Å². The van der Waals surface area contributed by atoms with Crippen LogP contribution in [0.5, 0.6) is 17.2 Å². The Morgan fingerprint density at radius 2 is 1.46 bits per heavy atom. The van der Waals surface area contributed by atoms with Crippen LogP contribution in [0, 0.1) is 30.4 Å². The van der Waals surface area contributed by atoms with Gasteiger partial charge in [-0.2, -0.15) is 0 Å². The zero-order valence-electron chi connectivity index (χ0n) is 27.1. The molecule has 2 aromatic rings. The number of carboxylic acids is 1. The second-order valence-electron chi connectivity index (χ2n) is 12.8. The second kappa shape index (κ2) is 14.2. The van der Waals surface area contributed by atoms with Crippen LogP contribution in [-0.2, 0) is 9.59 Å². The van der Waals surface area contributed by atoms with Crippen LogP contribution in [0.25, 0.3) is 0 Å². The number of carbonyl (C=O) groups excluding carboxylic acids is 3. The fraction of sp³-hybridized carbons (Fsp3) is 0.455. The number of benzene rings is 2. The van der Waals surface area contributed by atoms with E-state index < -0.39 is 76.2 Å². The Kier molecular flexibility index (Phi) is 10.6. The molecule has 0 spiro atoms. The fourth-order valence-corrected chi connectivity index (χ4v) is 6.62. The van der Waals surface area contributed by atoms with Crippen molar-refractivity contribution in [3.8, 4) is 17.2 Å². The number of aliphatic carboxylic acids is 1. The number of aryl methyl sites for hydroxylation is 1. The SMILES string of the molecule is Cc1ccc(C(=O)NCCC[N+](C)(CCCNC(=O)c2ccc(O)c(O)c2F)CC2=C(C(=O)O)N3C(=O)[C@H]([C@@H](C)O)[C@H]3[C@H]2C)c(F)c1O. The molecule has 13 nitrogen and oxygen atoms in total. The Morgan fingerprint density at radius 3 is 1.98 bits per heavy atom. The van der Waals surface area contributed by atoms with Crippen LogP contribution in [0.1, 0.15) is 53.0 Å². The standard InChI is InChI=1S/C33H40F2N4O9/c1-16-7-8-19(24(34)28(16)42)30(44)36-11-5-13-39(4,14-6-12-37-31(45)20-9-10-22(41)29(43)25(20)35)15-21-17(2)26-23(18(3)40)32(46)38(26)27(21)33(47)48/h7-10,17-18,23,26,40H,5-6,11-15H2,1-4H3,(H5-,36,37,41,42,43,44,45,47,48)/p+1/t17-,18+,23+,26+,39?/m0/s1. The van der Waals surface area contributed by atoms with Gasteiger partial charge in [-0.15, -0.1) is 0 Å². The first-order valence-electron chi connectivity index (χ1n) is 15.6. The highest BCUT2D eigenvalue weighted by Crippen LogP contribution is 2.47. The molecule has 2 aliphatic rings. The summed E-state index contributed by atoms with van der Waals surface area (Å²) in [5.41, 5.74) is -0.116. The van der Waals surface area contributed by atoms with Crippen molar-refractivity contribution in [3.05, 3.63) is 63.9 Å². The molecule has 3 amide bonds. The summed E-state index contributed by atoms with van der Waals surface area (Å²) in [6, 6.07) is 4.20. The lowest BCUT2D eigenvalue weighted by atomic mass is 9.77. The first-order valence-corrected chi connectivity index (χ1v) is 15.6. The predicted octanol–water partition coefficient (Wildman–Crippen LogP) is 1.97. The molecule has 4 rings (SSSR count). The summed E-state index contributed by atoms with van der Waals surface area (Å²) in [6.07, 6.45) is -0.275. The number of fused-ring (bicyclic) bond motifs is 1. The van der Waals surface area contributed by atoms with Crippen molar-refractivity contribution in [2.24, 2.45) is 11.8 Å². The lowest BCUT2D eigenvalue weighted by molar-refractivity contribution is -0.905. The highest BCUT2D eigenvalue weighted by atomic mass is 19.1. The number of aliphatic hydroxyl groups is 1. The number of β-lactam (4-membered cyclic amide) rings is 1. The maximum Gasteiger partial charge on any atom is 0.352 e. The zero-order chi connectivity index (χ0) is 35.7. The van der Waals surface area contributed by atoms with E-state index in [1.807, 2.05) is 14.0 Å². The van der Waals surface area contributed by atoms with Gasteiger partial charge in [-0.3, -0.25) is 14.4 Å². The number of phenolic OH excluding ortho intramolecular Hbond substituents is 3. The molecule has 0 aliphatic carbocycles. The Labute approximate surface area is 275 Å². The molecule has 15 heteroatoms. The third-order valence-corrected chi connectivity index (χ3v) is 9.29. The molecular weight excluding hydrogens is 634 g/mol. The van der Waals surface area contributed by atoms with Crippen molar-refractivity contribution in [1.29, 1.82) is 0 Å². The number of quaternary nitrogens is 1. The number of aliphatic hydroxyl groups excluding tert-OH is 1. The van der Waals surface area contributed by atoms with Gasteiger partial charge in [0.2, 0.25) is 5.91 Å². The molecule has 7 N–H and O–H groups in total. The average molecular weight is 676 g/mol. The van der Waals surface area contributed by atoms with E-state index in [1.54, 1.807) is 0 Å². The summed E-state index contributed by atoms with van der Waals surface area (Å²) in [5.74, 6) is -9.07. The lowest BCUT2D eigenvalue weighted by Gasteiger charge is -2.46. The molecule has 0 saturated carbocycles. The Hall–Kier alpha value is -4.76. The van der Waals surface area contributed by atoms with Gasteiger partial charge >= 0.3 is 5.97 Å². The summed E-state index contributed by atoms with van der Waals surface area (Å²) in [5, 5.41) is 54.5. The van der Waals surface area contributed by atoms with Crippen molar-refractivity contribution >= 4 is 23.7 Å². The van der Waals surface area contributed by atoms with E-state index in [0.29, 0.717) is 31.5 Å². The highest BCUT2D eigenvalue weighted by molar-refractivity contribution is 6.00. The van der Waals surface area contributed by atoms with E-state index in [2.05, 4.69) is 10.6 Å². The van der Waals surface area contributed by atoms with Gasteiger partial charge in [-0.1, -0.05) is 13.0 Å². The number of aromatic hydroxyl groups is 3. The van der Waals surface area contributed by atoms with E-state index in [0.717, 1.165) is 12.1 Å². The number of hydrogen-bond acceptors (Lipinski definition) is 8. The van der Waals surface area contributed by atoms with Crippen LogP contribution in [0.2, 0.25) is 0 Å². The topological polar surface area (TPSA) is 197 Å². The highest BCUT2D eigenvalue weighted by Gasteiger charge is 2.60. The van der Waals surface area contributed by atoms with E-state index in [1.165, 1.54) is 30.9 Å². The fourth-order valence-electron chi connectivity index (χ4n) is 6.62. The van der Waals surface area contributed by atoms with Gasteiger partial charge in [0, 0.05) is 37.4 Å². The monoisotopic (exact) mass is 675 g/mol. The van der Waals surface area contributed by atoms with Gasteiger partial charge in [0.25, 0.3) is 11.8 Å². The number of phenols is 3. The van der Waals surface area contributed by atoms with Crippen LogP contribution in [0.15, 0.2) is 35.5 Å². The minimum Gasteiger partial charge on any atom is -0.505 e. The molecule has 2 aromatic carbocycles. The molecule has 1 fully saturated rings. The van der Waals surface area contributed by atoms with Crippen molar-refractivity contribution in [1.82, 2.24) is 15.5 Å². The van der Waals surface area contributed by atoms with Crippen molar-refractivity contribution in [3.63, 3.8) is 0 Å². The molecule has 48 heavy (non-hydrogen) atoms. The van der Waals surface area contributed by atoms with E-state index in [9.17, 15) is 53.5 Å². The quantitative estimate of drug-likeness (QED) is 0.0678. The van der Waals surface area contributed by atoms with Crippen LogP contribution in [0.4, 0.5) is 8.78 Å². The summed E-state index contributed by atoms with van der Waals surface area (Å²) < 4.78 is 29.0. The minimum atomic E-state index is -1.27. The first-order chi connectivity index (χ1) is 22.5. The van der Waals surface area contributed by atoms with Crippen molar-refractivity contribution in [2.45, 2.75) is 45.8 Å². The molecule has 260 valence electrons. The molecule has 1 saturated heterocycles. The molecular formula is C33H41F2N4O9+. The molecule has 0 bridgehead atoms. The summed E-state index contributed by atoms with van der Waals surface area (Å²) in [4.78, 5) is 51.7. The number of likely N-dealkylation sites (N-methyl/N-ethyl adjacent to an activating group) is 1. The summed E-state index contributed by atoms with van der Waals surface area (Å²) >= 11 is 0. The van der Waals surface area contributed by atoms with Crippen LogP contribution >= 0.6 is 0 Å². The first kappa shape index (κ1) is 36.1. The maximum atomic E-state index is 14.5. The molecule has 5 atom stereocenters. The Morgan fingerprint density at radius 1 is 0.938 bits per heavy atom. The molecule has 2 aliphatic heterocycles. The molecule has 1 unspecified atom stereocenters. The lowest BCUT2D eigenvalue weighted by Crippen LogP contribution is -2.63. The summed E-state index contributed by atoms with van der Waals surface area (Å²) in [7, 11) is 1.85. The number of carbonyl (C=O) groups is 4. The van der Waals surface area contributed by atoms with Crippen molar-refractivity contribution in [2.75, 3.05) is 39.8 Å². The maximum absolute atomic E-state index is 14.5. The van der Waals surface area contributed by atoms with Gasteiger partial charge in [-0.05, 0) is 37.6 Å². The van der Waals surface area contributed by atoms with Crippen LogP contribution in [0.3, 0.4) is 0 Å². The van der Waals surface area contributed by atoms with Crippen LogP contribution < -0.4 is 10.6 Å². The van der Waals surface area contributed by atoms with E-state index >= 15 is 0 Å². The number of rotatable bonds is 14. The number of hydrogen-bond donors (Lipinski definition) is 7. The largest absolute Gasteiger partial charge is 0.505 e. The van der Waals surface area contributed by atoms with Gasteiger partial charge in [0.05, 0.1) is 49.3 Å². The number of nitrogens with one attached hydrogen (secondary N) is 2. The van der Waals surface area contributed by atoms with Crippen LogP contribution in [-0.4, -0.2) is 111 Å². The van der Waals surface area contributed by atoms with Gasteiger partial charge < -0.3 is 45.5 Å². The molecule has 2 heterocycles. The van der Waals surface area contributed by atoms with Gasteiger partial charge in [-0.25, -0.2) is 13.6 Å². The number of carboxylic acid groups (broad SMARTS) is 1. The molecule has 0 aromatic heterocycles. The third-order valence-electron chi connectivity index (χ3n) is 9.29. The average Bonchev–Trinajstić information content (AvgIpc) is 3.26. The predicted molar refractivity (Wildman–Crippen MR) is 167 cm³/mol. The Balaban J connectivity index is 1.48. The number of halogens is 2. The molecule has 0 radical (unpaired) electrons. The second-order valence-corrected chi connectivity index (χ2v) is 12.8. The number of nitrogens with zero attached hydrogens (tertiary/aromatic N) is 2. The van der Waals surface area contributed by atoms with E-state index in [4.69, 9.17) is 0 Å². The van der Waals surface area contributed by atoms with Gasteiger partial charge in [0.1, 0.15) is 12.2 Å². The normalized spacial score (nSPS) is 20.5. The Bertz CT molecular complexity index is 1580. The smallest absolute Gasteiger partial charge is 0.352 e. The summed E-state index contributed by atoms with van der Waals surface area (Å²) in [6.45, 7) is 5.89. The van der Waals surface area contributed by atoms with Crippen molar-refractivity contribution < 1.29 is 58.0 Å². The number of amides is 3.